The zero-order valence-electron chi connectivity index (χ0n) is 12.4. The number of aromatic nitrogens is 1. The van der Waals surface area contributed by atoms with E-state index >= 15 is 0 Å². The number of pyridine rings is 1. The lowest BCUT2D eigenvalue weighted by atomic mass is 10.0. The molecule has 1 fully saturated rings. The Labute approximate surface area is 120 Å². The molecule has 110 valence electrons. The second kappa shape index (κ2) is 7.24. The number of amides is 1. The third-order valence-electron chi connectivity index (χ3n) is 3.73. The number of rotatable bonds is 5. The van der Waals surface area contributed by atoms with E-state index in [1.807, 2.05) is 12.3 Å². The Morgan fingerprint density at radius 2 is 2.30 bits per heavy atom. The van der Waals surface area contributed by atoms with Gasteiger partial charge in [-0.05, 0) is 37.4 Å². The van der Waals surface area contributed by atoms with Crippen molar-refractivity contribution < 1.29 is 4.79 Å². The van der Waals surface area contributed by atoms with Gasteiger partial charge in [0.05, 0.1) is 0 Å². The fraction of sp³-hybridized carbons (Fsp3) is 0.600. The first-order chi connectivity index (χ1) is 9.76. The number of carbonyl (C=O) groups excluding carboxylic acids is 1. The van der Waals surface area contributed by atoms with Crippen molar-refractivity contribution in [3.05, 3.63) is 23.9 Å². The highest BCUT2D eigenvalue weighted by Crippen LogP contribution is 2.23. The van der Waals surface area contributed by atoms with Gasteiger partial charge in [-0.2, -0.15) is 0 Å². The number of hydrogen-bond acceptors (Lipinski definition) is 4. The van der Waals surface area contributed by atoms with Crippen LogP contribution in [0.5, 0.6) is 0 Å². The Kier molecular flexibility index (Phi) is 5.35. The standard InChI is InChI=1S/C15H24N4O/c1-3-17-10-12-7-8-14(18-11-12)19-9-5-4-6-13(19)15(20)16-2/h7-8,11,13,17H,3-6,9-10H2,1-2H3,(H,16,20). The molecule has 0 bridgehead atoms. The monoisotopic (exact) mass is 276 g/mol. The molecule has 0 aliphatic carbocycles. The third kappa shape index (κ3) is 3.48. The molecule has 1 unspecified atom stereocenters. The normalized spacial score (nSPS) is 18.9. The van der Waals surface area contributed by atoms with Crippen LogP contribution in [-0.4, -0.2) is 37.1 Å². The highest BCUT2D eigenvalue weighted by molar-refractivity contribution is 5.84. The maximum Gasteiger partial charge on any atom is 0.242 e. The first-order valence-corrected chi connectivity index (χ1v) is 7.40. The molecular weight excluding hydrogens is 252 g/mol. The zero-order chi connectivity index (χ0) is 14.4. The molecule has 1 saturated heterocycles. The Balaban J connectivity index is 2.09. The van der Waals surface area contributed by atoms with E-state index < -0.39 is 0 Å². The van der Waals surface area contributed by atoms with Crippen molar-refractivity contribution in [1.29, 1.82) is 0 Å². The summed E-state index contributed by atoms with van der Waals surface area (Å²) in [5, 5.41) is 6.04. The van der Waals surface area contributed by atoms with Crippen LogP contribution in [0.25, 0.3) is 0 Å². The molecule has 0 aromatic carbocycles. The summed E-state index contributed by atoms with van der Waals surface area (Å²) < 4.78 is 0. The van der Waals surface area contributed by atoms with Gasteiger partial charge in [0, 0.05) is 26.3 Å². The van der Waals surface area contributed by atoms with E-state index in [1.165, 1.54) is 5.56 Å². The van der Waals surface area contributed by atoms with Gasteiger partial charge in [-0.3, -0.25) is 4.79 Å². The van der Waals surface area contributed by atoms with Gasteiger partial charge in [-0.25, -0.2) is 4.98 Å². The molecule has 1 aliphatic heterocycles. The molecule has 2 rings (SSSR count). The topological polar surface area (TPSA) is 57.3 Å². The maximum absolute atomic E-state index is 12.0. The van der Waals surface area contributed by atoms with Crippen LogP contribution in [-0.2, 0) is 11.3 Å². The molecule has 5 heteroatoms. The molecule has 0 spiro atoms. The predicted octanol–water partition coefficient (Wildman–Crippen LogP) is 1.30. The van der Waals surface area contributed by atoms with Crippen LogP contribution in [0.15, 0.2) is 18.3 Å². The van der Waals surface area contributed by atoms with Crippen LogP contribution in [0.3, 0.4) is 0 Å². The van der Waals surface area contributed by atoms with Crippen LogP contribution in [0.4, 0.5) is 5.82 Å². The highest BCUT2D eigenvalue weighted by Gasteiger charge is 2.28. The zero-order valence-corrected chi connectivity index (χ0v) is 12.4. The van der Waals surface area contributed by atoms with Gasteiger partial charge in [-0.15, -0.1) is 0 Å². The average Bonchev–Trinajstić information content (AvgIpc) is 2.52. The molecule has 0 radical (unpaired) electrons. The quantitative estimate of drug-likeness (QED) is 0.851. The van der Waals surface area contributed by atoms with Gasteiger partial charge < -0.3 is 15.5 Å². The molecule has 20 heavy (non-hydrogen) atoms. The number of nitrogens with one attached hydrogen (secondary N) is 2. The first-order valence-electron chi connectivity index (χ1n) is 7.40. The summed E-state index contributed by atoms with van der Waals surface area (Å²) in [7, 11) is 1.70. The molecule has 0 saturated carbocycles. The predicted molar refractivity (Wildman–Crippen MR) is 80.7 cm³/mol. The van der Waals surface area contributed by atoms with E-state index in [1.54, 1.807) is 7.05 Å². The Morgan fingerprint density at radius 3 is 2.95 bits per heavy atom. The van der Waals surface area contributed by atoms with E-state index in [2.05, 4.69) is 33.5 Å². The van der Waals surface area contributed by atoms with Gasteiger partial charge in [-0.1, -0.05) is 13.0 Å². The maximum atomic E-state index is 12.0. The summed E-state index contributed by atoms with van der Waals surface area (Å²) in [5.41, 5.74) is 1.17. The van der Waals surface area contributed by atoms with Crippen LogP contribution in [0, 0.1) is 0 Å². The van der Waals surface area contributed by atoms with E-state index in [4.69, 9.17) is 0 Å². The lowest BCUT2D eigenvalue weighted by Crippen LogP contribution is -2.49. The average molecular weight is 276 g/mol. The van der Waals surface area contributed by atoms with Crippen molar-refractivity contribution in [2.24, 2.45) is 0 Å². The number of piperidine rings is 1. The summed E-state index contributed by atoms with van der Waals surface area (Å²) in [6, 6.07) is 4.02. The van der Waals surface area contributed by atoms with Crippen LogP contribution in [0.1, 0.15) is 31.7 Å². The smallest absolute Gasteiger partial charge is 0.242 e. The molecule has 1 amide bonds. The first kappa shape index (κ1) is 14.8. The van der Waals surface area contributed by atoms with Crippen LogP contribution >= 0.6 is 0 Å². The minimum absolute atomic E-state index is 0.0825. The number of nitrogens with zero attached hydrogens (tertiary/aromatic N) is 2. The van der Waals surface area contributed by atoms with Crippen LogP contribution < -0.4 is 15.5 Å². The lowest BCUT2D eigenvalue weighted by molar-refractivity contribution is -0.122. The molecule has 2 heterocycles. The summed E-state index contributed by atoms with van der Waals surface area (Å²) in [4.78, 5) is 18.6. The number of likely N-dealkylation sites (N-methyl/N-ethyl adjacent to an activating group) is 1. The van der Waals surface area contributed by atoms with Crippen molar-refractivity contribution in [1.82, 2.24) is 15.6 Å². The summed E-state index contributed by atoms with van der Waals surface area (Å²) in [5.74, 6) is 0.988. The second-order valence-corrected chi connectivity index (χ2v) is 5.12. The second-order valence-electron chi connectivity index (χ2n) is 5.12. The third-order valence-corrected chi connectivity index (χ3v) is 3.73. The van der Waals surface area contributed by atoms with Gasteiger partial charge in [0.1, 0.15) is 11.9 Å². The summed E-state index contributed by atoms with van der Waals surface area (Å²) in [6.45, 7) is 4.77. The van der Waals surface area contributed by atoms with Crippen molar-refractivity contribution in [2.75, 3.05) is 25.0 Å². The van der Waals surface area contributed by atoms with Crippen molar-refractivity contribution >= 4 is 11.7 Å². The largest absolute Gasteiger partial charge is 0.357 e. The molecule has 2 N–H and O–H groups in total. The number of carbonyl (C=O) groups is 1. The number of anilines is 1. The number of hydrogen-bond donors (Lipinski definition) is 2. The summed E-state index contributed by atoms with van der Waals surface area (Å²) in [6.07, 6.45) is 5.02. The molecule has 1 aromatic heterocycles. The Hall–Kier alpha value is -1.62. The Bertz CT molecular complexity index is 432. The van der Waals surface area contributed by atoms with E-state index in [-0.39, 0.29) is 11.9 Å². The summed E-state index contributed by atoms with van der Waals surface area (Å²) >= 11 is 0. The van der Waals surface area contributed by atoms with E-state index in [9.17, 15) is 4.79 Å². The van der Waals surface area contributed by atoms with Crippen molar-refractivity contribution in [2.45, 2.75) is 38.8 Å². The molecular formula is C15H24N4O. The Morgan fingerprint density at radius 1 is 1.45 bits per heavy atom. The van der Waals surface area contributed by atoms with Crippen molar-refractivity contribution in [3.8, 4) is 0 Å². The van der Waals surface area contributed by atoms with Crippen molar-refractivity contribution in [3.63, 3.8) is 0 Å². The lowest BCUT2D eigenvalue weighted by Gasteiger charge is -2.35. The fourth-order valence-electron chi connectivity index (χ4n) is 2.61. The van der Waals surface area contributed by atoms with E-state index in [0.717, 1.165) is 44.7 Å². The fourth-order valence-corrected chi connectivity index (χ4v) is 2.61. The van der Waals surface area contributed by atoms with Gasteiger partial charge in [0.15, 0.2) is 0 Å². The molecule has 1 aromatic rings. The SMILES string of the molecule is CCNCc1ccc(N2CCCCC2C(=O)NC)nc1. The highest BCUT2D eigenvalue weighted by atomic mass is 16.2. The molecule has 5 nitrogen and oxygen atoms in total. The van der Waals surface area contributed by atoms with Gasteiger partial charge in [0.25, 0.3) is 0 Å². The molecule has 1 atom stereocenters. The van der Waals surface area contributed by atoms with Gasteiger partial charge >= 0.3 is 0 Å². The minimum atomic E-state index is -0.0825. The van der Waals surface area contributed by atoms with Gasteiger partial charge in [0.2, 0.25) is 5.91 Å². The van der Waals surface area contributed by atoms with Crippen LogP contribution in [0.2, 0.25) is 0 Å². The minimum Gasteiger partial charge on any atom is -0.357 e. The van der Waals surface area contributed by atoms with E-state index in [0.29, 0.717) is 0 Å². The molecule has 1 aliphatic rings.